The van der Waals surface area contributed by atoms with Gasteiger partial charge in [-0.1, -0.05) is 13.5 Å². The fraction of sp³-hybridized carbons (Fsp3) is 0.818. The van der Waals surface area contributed by atoms with E-state index >= 15 is 0 Å². The van der Waals surface area contributed by atoms with Crippen LogP contribution >= 0.6 is 0 Å². The number of hydrogen-bond donors (Lipinski definition) is 4. The predicted octanol–water partition coefficient (Wildman–Crippen LogP) is -0.0812. The predicted molar refractivity (Wildman–Crippen MR) is 102 cm³/mol. The number of aliphatic hydroxyl groups is 4. The van der Waals surface area contributed by atoms with Crippen LogP contribution in [0.25, 0.3) is 0 Å². The molecule has 4 bridgehead atoms. The third-order valence-corrected chi connectivity index (χ3v) is 9.32. The largest absolute Gasteiger partial charge is 0.465 e. The summed E-state index contributed by atoms with van der Waals surface area (Å²) in [5, 5.41) is 45.8. The Kier molecular flexibility index (Phi) is 4.06. The van der Waals surface area contributed by atoms with E-state index in [1.807, 2.05) is 6.92 Å². The van der Waals surface area contributed by atoms with Crippen LogP contribution < -0.4 is 0 Å². The highest BCUT2D eigenvalue weighted by molar-refractivity contribution is 6.05. The quantitative estimate of drug-likeness (QED) is 0.359. The Labute approximate surface area is 174 Å². The first-order valence-corrected chi connectivity index (χ1v) is 10.8. The lowest BCUT2D eigenvalue weighted by Crippen LogP contribution is -2.86. The Morgan fingerprint density at radius 2 is 1.93 bits per heavy atom. The molecule has 0 amide bonds. The highest BCUT2D eigenvalue weighted by Gasteiger charge is 2.87. The lowest BCUT2D eigenvalue weighted by Gasteiger charge is -2.74. The van der Waals surface area contributed by atoms with E-state index in [1.165, 1.54) is 6.92 Å². The van der Waals surface area contributed by atoms with Crippen LogP contribution in [0.4, 0.5) is 0 Å². The van der Waals surface area contributed by atoms with E-state index in [0.29, 0.717) is 25.7 Å². The van der Waals surface area contributed by atoms with Gasteiger partial charge in [0.1, 0.15) is 11.5 Å². The second-order valence-corrected chi connectivity index (χ2v) is 10.4. The Morgan fingerprint density at radius 3 is 2.60 bits per heavy atom. The molecule has 2 heterocycles. The van der Waals surface area contributed by atoms with Crippen molar-refractivity contribution in [2.24, 2.45) is 34.0 Å². The van der Waals surface area contributed by atoms with Crippen LogP contribution in [0.3, 0.4) is 0 Å². The van der Waals surface area contributed by atoms with Gasteiger partial charge in [0, 0.05) is 29.6 Å². The van der Waals surface area contributed by atoms with Gasteiger partial charge in [-0.2, -0.15) is 0 Å². The third kappa shape index (κ3) is 1.92. The Bertz CT molecular complexity index is 841. The summed E-state index contributed by atoms with van der Waals surface area (Å²) in [6.45, 7) is 7.06. The average molecular weight is 422 g/mol. The minimum atomic E-state index is -2.30. The van der Waals surface area contributed by atoms with Crippen LogP contribution in [0.15, 0.2) is 12.2 Å². The lowest BCUT2D eigenvalue weighted by molar-refractivity contribution is -0.459. The fourth-order valence-electron chi connectivity index (χ4n) is 8.16. The maximum absolute atomic E-state index is 13.5. The molecule has 0 aromatic carbocycles. The summed E-state index contributed by atoms with van der Waals surface area (Å²) >= 11 is 0. The van der Waals surface area contributed by atoms with Crippen LogP contribution in [0.5, 0.6) is 0 Å². The number of ketones is 1. The van der Waals surface area contributed by atoms with Gasteiger partial charge in [0.15, 0.2) is 5.78 Å². The second kappa shape index (κ2) is 5.92. The number of carbonyl (C=O) groups excluding carboxylic acids is 2. The molecule has 0 radical (unpaired) electrons. The SMILES string of the molecule is C=C1C(=O)[C@]23C(O)C1CC[C@@H]2[C@@]12CO[C@]3(O)C(O)[C@H]1[C@](C)(COC(C)=O)CCC2O. The molecule has 4 saturated carbocycles. The van der Waals surface area contributed by atoms with E-state index in [9.17, 15) is 30.0 Å². The third-order valence-electron chi connectivity index (χ3n) is 9.32. The molecule has 0 aromatic heterocycles. The first-order valence-electron chi connectivity index (χ1n) is 10.8. The van der Waals surface area contributed by atoms with Crippen molar-refractivity contribution in [2.75, 3.05) is 13.2 Å². The number of Topliss-reactive ketones (excluding diaryl/α,β-unsaturated/α-hetero) is 1. The van der Waals surface area contributed by atoms with E-state index in [2.05, 4.69) is 6.58 Å². The first kappa shape index (κ1) is 20.6. The molecule has 0 aromatic rings. The minimum Gasteiger partial charge on any atom is -0.465 e. The molecule has 8 heteroatoms. The Morgan fingerprint density at radius 1 is 1.23 bits per heavy atom. The number of ether oxygens (including phenoxy) is 2. The number of carbonyl (C=O) groups is 2. The zero-order valence-electron chi connectivity index (χ0n) is 17.3. The molecule has 8 nitrogen and oxygen atoms in total. The summed E-state index contributed by atoms with van der Waals surface area (Å²) in [5.41, 5.74) is -3.28. The van der Waals surface area contributed by atoms with Crippen molar-refractivity contribution in [3.63, 3.8) is 0 Å². The summed E-state index contributed by atoms with van der Waals surface area (Å²) in [6.07, 6.45) is -1.78. The van der Waals surface area contributed by atoms with Gasteiger partial charge in [0.05, 0.1) is 25.4 Å². The van der Waals surface area contributed by atoms with Crippen LogP contribution in [-0.2, 0) is 19.1 Å². The van der Waals surface area contributed by atoms with Crippen molar-refractivity contribution in [1.82, 2.24) is 0 Å². The van der Waals surface area contributed by atoms with Gasteiger partial charge in [-0.05, 0) is 37.2 Å². The molecule has 4 N–H and O–H groups in total. The molecule has 4 aliphatic carbocycles. The van der Waals surface area contributed by atoms with Crippen molar-refractivity contribution >= 4 is 11.8 Å². The highest BCUT2D eigenvalue weighted by Crippen LogP contribution is 2.76. The van der Waals surface area contributed by atoms with Crippen LogP contribution in [0.2, 0.25) is 0 Å². The molecule has 30 heavy (non-hydrogen) atoms. The number of hydrogen-bond acceptors (Lipinski definition) is 8. The number of rotatable bonds is 2. The van der Waals surface area contributed by atoms with Gasteiger partial charge >= 0.3 is 5.97 Å². The molecule has 10 atom stereocenters. The maximum Gasteiger partial charge on any atom is 0.302 e. The molecular formula is C22H30O8. The maximum atomic E-state index is 13.5. The molecule has 6 fully saturated rings. The molecule has 2 spiro atoms. The monoisotopic (exact) mass is 422 g/mol. The van der Waals surface area contributed by atoms with Crippen molar-refractivity contribution in [1.29, 1.82) is 0 Å². The van der Waals surface area contributed by atoms with E-state index in [0.717, 1.165) is 0 Å². The fourth-order valence-corrected chi connectivity index (χ4v) is 8.16. The normalized spacial score (nSPS) is 56.5. The van der Waals surface area contributed by atoms with Gasteiger partial charge in [-0.3, -0.25) is 9.59 Å². The smallest absolute Gasteiger partial charge is 0.302 e. The van der Waals surface area contributed by atoms with Gasteiger partial charge in [0.2, 0.25) is 5.79 Å². The molecule has 166 valence electrons. The summed E-state index contributed by atoms with van der Waals surface area (Å²) in [6, 6.07) is 0. The Balaban J connectivity index is 1.71. The van der Waals surface area contributed by atoms with Gasteiger partial charge in [-0.25, -0.2) is 0 Å². The highest BCUT2D eigenvalue weighted by atomic mass is 16.6. The standard InChI is InChI=1S/C22H30O8/c1-10-12-4-5-13-20-9-30-22(28,21(13,16(10)25)17(12)26)18(27)15(20)19(3,7-6-14(20)24)8-29-11(2)23/h12-15,17-18,24,26-28H,1,4-9H2,2-3H3/t12?,13-,14?,15+,17?,18?,19+,20-,21+,22-/m1/s1. The zero-order chi connectivity index (χ0) is 21.9. The number of aliphatic hydroxyl groups excluding tert-OH is 3. The van der Waals surface area contributed by atoms with Gasteiger partial charge < -0.3 is 29.9 Å². The topological polar surface area (TPSA) is 134 Å². The van der Waals surface area contributed by atoms with Crippen molar-refractivity contribution < 1.29 is 39.5 Å². The Hall–Kier alpha value is -1.32. The van der Waals surface area contributed by atoms with E-state index < -0.39 is 69.9 Å². The van der Waals surface area contributed by atoms with Crippen molar-refractivity contribution in [2.45, 2.75) is 63.6 Å². The molecule has 2 aliphatic heterocycles. The number of esters is 1. The number of fused-ring (bicyclic) bond motifs is 2. The summed E-state index contributed by atoms with van der Waals surface area (Å²) in [5.74, 6) is -4.96. The van der Waals surface area contributed by atoms with E-state index in [-0.39, 0.29) is 18.8 Å². The van der Waals surface area contributed by atoms with E-state index in [1.54, 1.807) is 0 Å². The molecular weight excluding hydrogens is 392 g/mol. The van der Waals surface area contributed by atoms with E-state index in [4.69, 9.17) is 9.47 Å². The van der Waals surface area contributed by atoms with Crippen molar-refractivity contribution in [3.8, 4) is 0 Å². The molecule has 4 unspecified atom stereocenters. The first-order chi connectivity index (χ1) is 14.0. The molecule has 6 rings (SSSR count). The van der Waals surface area contributed by atoms with Crippen LogP contribution in [-0.4, -0.2) is 69.5 Å². The lowest BCUT2D eigenvalue weighted by atomic mass is 9.35. The summed E-state index contributed by atoms with van der Waals surface area (Å²) < 4.78 is 11.1. The molecule has 2 saturated heterocycles. The average Bonchev–Trinajstić information content (AvgIpc) is 2.80. The molecule has 6 aliphatic rings. The summed E-state index contributed by atoms with van der Waals surface area (Å²) in [7, 11) is 0. The van der Waals surface area contributed by atoms with Crippen molar-refractivity contribution in [3.05, 3.63) is 12.2 Å². The second-order valence-electron chi connectivity index (χ2n) is 10.4. The minimum absolute atomic E-state index is 0.0279. The van der Waals surface area contributed by atoms with Gasteiger partial charge in [-0.15, -0.1) is 0 Å². The van der Waals surface area contributed by atoms with Crippen LogP contribution in [0.1, 0.15) is 39.5 Å². The van der Waals surface area contributed by atoms with Gasteiger partial charge in [0.25, 0.3) is 0 Å². The van der Waals surface area contributed by atoms with Crippen LogP contribution in [0, 0.1) is 34.0 Å². The zero-order valence-corrected chi connectivity index (χ0v) is 17.3. The summed E-state index contributed by atoms with van der Waals surface area (Å²) in [4.78, 5) is 25.0.